The second-order valence-electron chi connectivity index (χ2n) is 9.31. The predicted octanol–water partition coefficient (Wildman–Crippen LogP) is 8.22. The SMILES string of the molecule is [C-]#[N+]C1=C(c2ccc([N+]#[C-])c(F)c2F)/C(=C(/C#N)[N+]#[C-])c2cc3c(cc21)/C(=C(/C#N)[N+]#[C-])C(c1ccc(C#N)c(F)c1F)=C3C#N. The molecule has 12 heteroatoms. The fraction of sp³-hybridized carbons (Fsp3) is 0. The number of nitriles is 4. The molecule has 210 valence electrons. The lowest BCUT2D eigenvalue weighted by Gasteiger charge is -2.13. The molecule has 2 aliphatic carbocycles. The lowest BCUT2D eigenvalue weighted by molar-refractivity contribution is 0.504. The molecule has 3 aromatic rings. The number of fused-ring (bicyclic) bond motifs is 2. The highest BCUT2D eigenvalue weighted by molar-refractivity contribution is 6.29. The van der Waals surface area contributed by atoms with Gasteiger partial charge in [0.05, 0.1) is 49.6 Å². The summed E-state index contributed by atoms with van der Waals surface area (Å²) in [5.41, 5.74) is -5.95. The third kappa shape index (κ3) is 3.99. The molecule has 0 bridgehead atoms. The summed E-state index contributed by atoms with van der Waals surface area (Å²) < 4.78 is 60.3. The van der Waals surface area contributed by atoms with Gasteiger partial charge in [0.25, 0.3) is 11.4 Å². The average Bonchev–Trinajstić information content (AvgIpc) is 3.55. The van der Waals surface area contributed by atoms with Gasteiger partial charge in [-0.05, 0) is 51.6 Å². The fourth-order valence-corrected chi connectivity index (χ4v) is 5.38. The van der Waals surface area contributed by atoms with E-state index in [-0.39, 0.29) is 55.8 Å². The minimum Gasteiger partial charge on any atom is -0.237 e. The number of halogens is 4. The molecule has 8 nitrogen and oxygen atoms in total. The van der Waals surface area contributed by atoms with Crippen molar-refractivity contribution in [1.29, 1.82) is 21.0 Å². The van der Waals surface area contributed by atoms with Crippen molar-refractivity contribution < 1.29 is 17.6 Å². The average molecular weight is 602 g/mol. The second kappa shape index (κ2) is 11.2. The third-order valence-corrected chi connectivity index (χ3v) is 7.26. The van der Waals surface area contributed by atoms with E-state index < -0.39 is 57.0 Å². The molecule has 3 aromatic carbocycles. The number of rotatable bonds is 2. The zero-order valence-electron chi connectivity index (χ0n) is 22.6. The summed E-state index contributed by atoms with van der Waals surface area (Å²) in [5.74, 6) is -6.12. The Morgan fingerprint density at radius 3 is 1.65 bits per heavy atom. The topological polar surface area (TPSA) is 113 Å². The third-order valence-electron chi connectivity index (χ3n) is 7.26. The van der Waals surface area contributed by atoms with Crippen LogP contribution in [0.15, 0.2) is 47.8 Å². The molecule has 2 aliphatic rings. The minimum atomic E-state index is -1.54. The Labute approximate surface area is 257 Å². The molecule has 0 atom stereocenters. The van der Waals surface area contributed by atoms with E-state index in [1.165, 1.54) is 18.2 Å². The largest absolute Gasteiger partial charge is 0.270 e. The van der Waals surface area contributed by atoms with Crippen molar-refractivity contribution in [3.8, 4) is 24.3 Å². The van der Waals surface area contributed by atoms with Crippen molar-refractivity contribution in [1.82, 2.24) is 0 Å². The predicted molar refractivity (Wildman–Crippen MR) is 154 cm³/mol. The zero-order valence-corrected chi connectivity index (χ0v) is 22.6. The molecule has 0 unspecified atom stereocenters. The van der Waals surface area contributed by atoms with E-state index in [0.717, 1.165) is 24.3 Å². The molecule has 0 aromatic heterocycles. The van der Waals surface area contributed by atoms with E-state index in [1.54, 1.807) is 12.1 Å². The van der Waals surface area contributed by atoms with E-state index in [4.69, 9.17) is 31.6 Å². The number of hydrogen-bond acceptors (Lipinski definition) is 4. The van der Waals surface area contributed by atoms with Gasteiger partial charge in [-0.3, -0.25) is 0 Å². The van der Waals surface area contributed by atoms with Crippen molar-refractivity contribution in [2.45, 2.75) is 0 Å². The lowest BCUT2D eigenvalue weighted by atomic mass is 9.91. The van der Waals surface area contributed by atoms with E-state index in [0.29, 0.717) is 0 Å². The van der Waals surface area contributed by atoms with Gasteiger partial charge in [0.15, 0.2) is 23.3 Å². The smallest absolute Gasteiger partial charge is 0.237 e. The van der Waals surface area contributed by atoms with Gasteiger partial charge >= 0.3 is 0 Å². The first kappa shape index (κ1) is 29.7. The van der Waals surface area contributed by atoms with Crippen molar-refractivity contribution >= 4 is 39.2 Å². The van der Waals surface area contributed by atoms with Crippen LogP contribution < -0.4 is 0 Å². The normalized spacial score (nSPS) is 14.7. The summed E-state index contributed by atoms with van der Waals surface area (Å²) in [5, 5.41) is 39.1. The fourth-order valence-electron chi connectivity index (χ4n) is 5.38. The van der Waals surface area contributed by atoms with Gasteiger partial charge in [-0.25, -0.2) is 47.5 Å². The number of benzene rings is 3. The highest BCUT2D eigenvalue weighted by atomic mass is 19.2. The van der Waals surface area contributed by atoms with Crippen LogP contribution in [0.25, 0.3) is 52.9 Å². The summed E-state index contributed by atoms with van der Waals surface area (Å²) in [6, 6.07) is 13.1. The van der Waals surface area contributed by atoms with Crippen molar-refractivity contribution in [3.05, 3.63) is 156 Å². The van der Waals surface area contributed by atoms with Crippen molar-refractivity contribution in [2.24, 2.45) is 0 Å². The molecule has 0 saturated carbocycles. The van der Waals surface area contributed by atoms with Crippen LogP contribution >= 0.6 is 0 Å². The van der Waals surface area contributed by atoms with Gasteiger partial charge in [0.1, 0.15) is 12.1 Å². The monoisotopic (exact) mass is 602 g/mol. The zero-order chi connectivity index (χ0) is 33.4. The van der Waals surface area contributed by atoms with Crippen molar-refractivity contribution in [3.63, 3.8) is 0 Å². The van der Waals surface area contributed by atoms with Gasteiger partial charge < -0.3 is 0 Å². The maximum Gasteiger partial charge on any atom is 0.270 e. The Kier molecular flexibility index (Phi) is 7.21. The summed E-state index contributed by atoms with van der Waals surface area (Å²) in [7, 11) is 0. The quantitative estimate of drug-likeness (QED) is 0.167. The molecule has 0 amide bonds. The number of hydrogen-bond donors (Lipinski definition) is 0. The first-order valence-corrected chi connectivity index (χ1v) is 12.4. The van der Waals surface area contributed by atoms with Crippen LogP contribution in [0.4, 0.5) is 23.2 Å². The van der Waals surface area contributed by atoms with Gasteiger partial charge in [-0.1, -0.05) is 18.2 Å². The van der Waals surface area contributed by atoms with E-state index >= 15 is 8.78 Å². The highest BCUT2D eigenvalue weighted by Gasteiger charge is 2.38. The van der Waals surface area contributed by atoms with Crippen LogP contribution in [-0.2, 0) is 0 Å². The van der Waals surface area contributed by atoms with Crippen LogP contribution in [0.3, 0.4) is 0 Å². The Morgan fingerprint density at radius 1 is 0.565 bits per heavy atom. The van der Waals surface area contributed by atoms with Gasteiger partial charge in [0, 0.05) is 22.3 Å². The Balaban J connectivity index is 1.96. The van der Waals surface area contributed by atoms with Crippen LogP contribution in [0.1, 0.15) is 38.9 Å². The summed E-state index contributed by atoms with van der Waals surface area (Å²) in [6.07, 6.45) is 0. The van der Waals surface area contributed by atoms with Gasteiger partial charge in [-0.15, -0.1) is 0 Å². The van der Waals surface area contributed by atoms with E-state index in [1.807, 2.05) is 6.07 Å². The first-order chi connectivity index (χ1) is 22.2. The van der Waals surface area contributed by atoms with Crippen LogP contribution in [0.2, 0.25) is 0 Å². The number of allylic oxidation sites excluding steroid dienone is 7. The summed E-state index contributed by atoms with van der Waals surface area (Å²) >= 11 is 0. The van der Waals surface area contributed by atoms with Gasteiger partial charge in [-0.2, -0.15) is 10.5 Å². The first-order valence-electron chi connectivity index (χ1n) is 12.4. The molecule has 0 heterocycles. The second-order valence-corrected chi connectivity index (χ2v) is 9.31. The Morgan fingerprint density at radius 2 is 1.11 bits per heavy atom. The molecule has 0 saturated heterocycles. The van der Waals surface area contributed by atoms with Crippen LogP contribution in [-0.4, -0.2) is 0 Å². The summed E-state index contributed by atoms with van der Waals surface area (Å²) in [6.45, 7) is 30.2. The molecule has 0 N–H and O–H groups in total. The Hall–Kier alpha value is -7.74. The standard InChI is InChI=1S/C34H6F4N8/c1-43-23-8-7-17(32(37)33(23)38)29-28(25(14-42)45-3)20-9-18-19(10-21(20)34(29)46-4)27(24(13-41)44-2)26(22(18)12-40)16-6-5-15(11-39)30(35)31(16)36/h5-10H/b27-24+,28-25-. The Bertz CT molecular complexity index is 2290. The molecule has 5 rings (SSSR count). The maximum absolute atomic E-state index is 15.4. The minimum absolute atomic E-state index is 0.0532. The molecule has 0 radical (unpaired) electrons. The van der Waals surface area contributed by atoms with Crippen molar-refractivity contribution in [2.75, 3.05) is 0 Å². The summed E-state index contributed by atoms with van der Waals surface area (Å²) in [4.78, 5) is 12.8. The number of nitrogens with zero attached hydrogens (tertiary/aromatic N) is 8. The van der Waals surface area contributed by atoms with Crippen LogP contribution in [0, 0.1) is 94.9 Å². The maximum atomic E-state index is 15.4. The molecular formula is C34H6F4N8. The van der Waals surface area contributed by atoms with E-state index in [2.05, 4.69) is 19.4 Å². The lowest BCUT2D eigenvalue weighted by Crippen LogP contribution is -1.99. The molecule has 0 aliphatic heterocycles. The molecule has 46 heavy (non-hydrogen) atoms. The molecule has 0 spiro atoms. The molecular weight excluding hydrogens is 596 g/mol. The van der Waals surface area contributed by atoms with Crippen LogP contribution in [0.5, 0.6) is 0 Å². The van der Waals surface area contributed by atoms with E-state index in [9.17, 15) is 24.6 Å². The van der Waals surface area contributed by atoms with Gasteiger partial charge in [0.2, 0.25) is 11.4 Å². The highest BCUT2D eigenvalue weighted by Crippen LogP contribution is 2.55. The molecule has 0 fully saturated rings.